The van der Waals surface area contributed by atoms with E-state index in [0.717, 1.165) is 36.3 Å². The lowest BCUT2D eigenvalue weighted by Crippen LogP contribution is -2.44. The van der Waals surface area contributed by atoms with Crippen LogP contribution in [-0.4, -0.2) is 49.2 Å². The fourth-order valence-electron chi connectivity index (χ4n) is 2.40. The van der Waals surface area contributed by atoms with Crippen LogP contribution < -0.4 is 4.90 Å². The van der Waals surface area contributed by atoms with E-state index in [1.807, 2.05) is 6.07 Å². The molecule has 2 heterocycles. The predicted octanol–water partition coefficient (Wildman–Crippen LogP) is 2.35. The average Bonchev–Trinajstić information content (AvgIpc) is 2.82. The van der Waals surface area contributed by atoms with Gasteiger partial charge in [-0.05, 0) is 36.7 Å². The first kappa shape index (κ1) is 12.4. The highest BCUT2D eigenvalue weighted by molar-refractivity contribution is 7.20. The lowest BCUT2D eigenvalue weighted by atomic mass is 10.2. The summed E-state index contributed by atoms with van der Waals surface area (Å²) in [5.74, 6) is -0.845. The van der Waals surface area contributed by atoms with Gasteiger partial charge in [-0.1, -0.05) is 0 Å². The molecule has 0 spiro atoms. The number of carbonyl (C=O) groups is 1. The molecule has 1 N–H and O–H groups in total. The maximum atomic E-state index is 11.0. The van der Waals surface area contributed by atoms with Crippen molar-refractivity contribution in [2.45, 2.75) is 0 Å². The minimum absolute atomic E-state index is 0.408. The molecule has 100 valence electrons. The van der Waals surface area contributed by atoms with Gasteiger partial charge in [0.05, 0.1) is 0 Å². The minimum atomic E-state index is -0.845. The van der Waals surface area contributed by atoms with Crippen LogP contribution in [0.5, 0.6) is 0 Å². The van der Waals surface area contributed by atoms with E-state index in [0.29, 0.717) is 4.88 Å². The van der Waals surface area contributed by atoms with Crippen LogP contribution in [0.2, 0.25) is 0 Å². The van der Waals surface area contributed by atoms with Crippen molar-refractivity contribution in [3.63, 3.8) is 0 Å². The van der Waals surface area contributed by atoms with Gasteiger partial charge in [0.2, 0.25) is 0 Å². The molecule has 3 rings (SSSR count). The van der Waals surface area contributed by atoms with Crippen LogP contribution >= 0.6 is 11.3 Å². The molecule has 1 saturated heterocycles. The van der Waals surface area contributed by atoms with Gasteiger partial charge in [-0.25, -0.2) is 4.79 Å². The van der Waals surface area contributed by atoms with Gasteiger partial charge in [0.15, 0.2) is 0 Å². The van der Waals surface area contributed by atoms with Crippen molar-refractivity contribution >= 4 is 33.1 Å². The van der Waals surface area contributed by atoms with Crippen molar-refractivity contribution < 1.29 is 9.90 Å². The molecule has 0 bridgehead atoms. The van der Waals surface area contributed by atoms with Crippen molar-refractivity contribution in [1.82, 2.24) is 4.90 Å². The number of carboxylic acids is 1. The quantitative estimate of drug-likeness (QED) is 0.914. The van der Waals surface area contributed by atoms with Crippen molar-refractivity contribution in [3.05, 3.63) is 29.1 Å². The predicted molar refractivity (Wildman–Crippen MR) is 78.5 cm³/mol. The lowest BCUT2D eigenvalue weighted by Gasteiger charge is -2.34. The molecule has 2 aromatic rings. The number of likely N-dealkylation sites (N-methyl/N-ethyl adjacent to an activating group) is 1. The number of thiophene rings is 1. The largest absolute Gasteiger partial charge is 0.477 e. The molecular formula is C14H16N2O2S. The van der Waals surface area contributed by atoms with Crippen molar-refractivity contribution in [2.75, 3.05) is 38.1 Å². The van der Waals surface area contributed by atoms with E-state index in [9.17, 15) is 4.79 Å². The molecular weight excluding hydrogens is 260 g/mol. The number of carboxylic acid groups (broad SMARTS) is 1. The number of piperazine rings is 1. The second-order valence-corrected chi connectivity index (χ2v) is 6.01. The number of benzene rings is 1. The zero-order chi connectivity index (χ0) is 13.4. The highest BCUT2D eigenvalue weighted by Crippen LogP contribution is 2.29. The molecule has 4 nitrogen and oxygen atoms in total. The molecule has 5 heteroatoms. The number of rotatable bonds is 2. The standard InChI is InChI=1S/C14H16N2O2S/c1-15-4-6-16(7-5-15)11-2-3-12-10(8-11)9-13(19-12)14(17)18/h2-3,8-9H,4-7H2,1H3,(H,17,18). The van der Waals surface area contributed by atoms with Crippen LogP contribution in [0, 0.1) is 0 Å². The van der Waals surface area contributed by atoms with Crippen LogP contribution in [0.1, 0.15) is 9.67 Å². The molecule has 19 heavy (non-hydrogen) atoms. The second-order valence-electron chi connectivity index (χ2n) is 4.93. The SMILES string of the molecule is CN1CCN(c2ccc3sc(C(=O)O)cc3c2)CC1. The fraction of sp³-hybridized carbons (Fsp3) is 0.357. The number of hydrogen-bond donors (Lipinski definition) is 1. The van der Waals surface area contributed by atoms with Crippen LogP contribution in [0.15, 0.2) is 24.3 Å². The number of hydrogen-bond acceptors (Lipinski definition) is 4. The summed E-state index contributed by atoms with van der Waals surface area (Å²) in [6, 6.07) is 7.99. The Labute approximate surface area is 115 Å². The van der Waals surface area contributed by atoms with Gasteiger partial charge < -0.3 is 14.9 Å². The van der Waals surface area contributed by atoms with Gasteiger partial charge in [-0.2, -0.15) is 0 Å². The Bertz CT molecular complexity index is 615. The first-order valence-electron chi connectivity index (χ1n) is 6.34. The van der Waals surface area contributed by atoms with Crippen molar-refractivity contribution in [2.24, 2.45) is 0 Å². The normalized spacial score (nSPS) is 17.0. The maximum Gasteiger partial charge on any atom is 0.345 e. The molecule has 1 aromatic carbocycles. The summed E-state index contributed by atoms with van der Waals surface area (Å²) in [7, 11) is 2.14. The van der Waals surface area contributed by atoms with E-state index in [1.165, 1.54) is 17.0 Å². The van der Waals surface area contributed by atoms with Gasteiger partial charge in [0.1, 0.15) is 4.88 Å². The minimum Gasteiger partial charge on any atom is -0.477 e. The Morgan fingerprint density at radius 2 is 1.95 bits per heavy atom. The smallest absolute Gasteiger partial charge is 0.345 e. The molecule has 1 aromatic heterocycles. The Kier molecular flexibility index (Phi) is 3.16. The van der Waals surface area contributed by atoms with E-state index >= 15 is 0 Å². The van der Waals surface area contributed by atoms with Gasteiger partial charge in [-0.15, -0.1) is 11.3 Å². The number of anilines is 1. The Hall–Kier alpha value is -1.59. The number of fused-ring (bicyclic) bond motifs is 1. The fourth-order valence-corrected chi connectivity index (χ4v) is 3.28. The molecule has 0 aliphatic carbocycles. The molecule has 1 aliphatic rings. The zero-order valence-electron chi connectivity index (χ0n) is 10.8. The third-order valence-corrected chi connectivity index (χ3v) is 4.68. The van der Waals surface area contributed by atoms with E-state index in [2.05, 4.69) is 29.0 Å². The summed E-state index contributed by atoms with van der Waals surface area (Å²) in [5, 5.41) is 10.1. The topological polar surface area (TPSA) is 43.8 Å². The highest BCUT2D eigenvalue weighted by atomic mass is 32.1. The molecule has 1 fully saturated rings. The molecule has 0 unspecified atom stereocenters. The summed E-state index contributed by atoms with van der Waals surface area (Å²) < 4.78 is 1.04. The van der Waals surface area contributed by atoms with Crippen LogP contribution in [-0.2, 0) is 0 Å². The highest BCUT2D eigenvalue weighted by Gasteiger charge is 2.15. The number of nitrogens with zero attached hydrogens (tertiary/aromatic N) is 2. The maximum absolute atomic E-state index is 11.0. The third-order valence-electron chi connectivity index (χ3n) is 3.58. The van der Waals surface area contributed by atoms with Crippen molar-refractivity contribution in [1.29, 1.82) is 0 Å². The van der Waals surface area contributed by atoms with E-state index in [-0.39, 0.29) is 0 Å². The van der Waals surface area contributed by atoms with Gasteiger partial charge in [0.25, 0.3) is 0 Å². The second kappa shape index (κ2) is 4.83. The molecule has 0 atom stereocenters. The summed E-state index contributed by atoms with van der Waals surface area (Å²) in [4.78, 5) is 16.1. The summed E-state index contributed by atoms with van der Waals surface area (Å²) in [5.41, 5.74) is 1.19. The molecule has 1 aliphatic heterocycles. The summed E-state index contributed by atoms with van der Waals surface area (Å²) in [6.07, 6.45) is 0. The first-order valence-corrected chi connectivity index (χ1v) is 7.15. The lowest BCUT2D eigenvalue weighted by molar-refractivity contribution is 0.0702. The van der Waals surface area contributed by atoms with Crippen LogP contribution in [0.4, 0.5) is 5.69 Å². The molecule has 0 amide bonds. The first-order chi connectivity index (χ1) is 9.13. The van der Waals surface area contributed by atoms with Crippen LogP contribution in [0.25, 0.3) is 10.1 Å². The van der Waals surface area contributed by atoms with Crippen LogP contribution in [0.3, 0.4) is 0 Å². The van der Waals surface area contributed by atoms with E-state index in [4.69, 9.17) is 5.11 Å². The summed E-state index contributed by atoms with van der Waals surface area (Å²) >= 11 is 1.33. The zero-order valence-corrected chi connectivity index (χ0v) is 11.6. The van der Waals surface area contributed by atoms with E-state index in [1.54, 1.807) is 6.07 Å². The third kappa shape index (κ3) is 2.43. The van der Waals surface area contributed by atoms with Gasteiger partial charge in [0, 0.05) is 36.6 Å². The van der Waals surface area contributed by atoms with Crippen molar-refractivity contribution in [3.8, 4) is 0 Å². The van der Waals surface area contributed by atoms with Gasteiger partial charge in [-0.3, -0.25) is 0 Å². The average molecular weight is 276 g/mol. The summed E-state index contributed by atoms with van der Waals surface area (Å²) in [6.45, 7) is 4.19. The Balaban J connectivity index is 1.90. The molecule has 0 radical (unpaired) electrons. The number of aromatic carboxylic acids is 1. The van der Waals surface area contributed by atoms with E-state index < -0.39 is 5.97 Å². The van der Waals surface area contributed by atoms with Gasteiger partial charge >= 0.3 is 5.97 Å². The Morgan fingerprint density at radius 3 is 2.63 bits per heavy atom. The monoisotopic (exact) mass is 276 g/mol. The Morgan fingerprint density at radius 1 is 1.21 bits per heavy atom. The molecule has 0 saturated carbocycles.